The lowest BCUT2D eigenvalue weighted by atomic mass is 10.1. The van der Waals surface area contributed by atoms with E-state index >= 15 is 0 Å². The third kappa shape index (κ3) is 19.1. The van der Waals surface area contributed by atoms with E-state index in [0.717, 1.165) is 51.4 Å². The summed E-state index contributed by atoms with van der Waals surface area (Å²) in [5, 5.41) is 8.55. The van der Waals surface area contributed by atoms with E-state index in [9.17, 15) is 9.59 Å². The smallest absolute Gasteiger partial charge is 0.306 e. The van der Waals surface area contributed by atoms with Crippen LogP contribution in [0.3, 0.4) is 0 Å². The number of hydrogen-bond acceptors (Lipinski definition) is 3. The van der Waals surface area contributed by atoms with Crippen molar-refractivity contribution < 1.29 is 19.4 Å². The highest BCUT2D eigenvalue weighted by Crippen LogP contribution is 2.13. The second-order valence-corrected chi connectivity index (χ2v) is 7.23. The van der Waals surface area contributed by atoms with Crippen molar-refractivity contribution in [3.8, 4) is 0 Å². The van der Waals surface area contributed by atoms with E-state index in [4.69, 9.17) is 9.84 Å². The molecule has 1 atom stereocenters. The Morgan fingerprint density at radius 3 is 1.80 bits per heavy atom. The van der Waals surface area contributed by atoms with Gasteiger partial charge in [0.2, 0.25) is 0 Å². The first-order valence-corrected chi connectivity index (χ1v) is 10.5. The van der Waals surface area contributed by atoms with Crippen LogP contribution in [0.25, 0.3) is 0 Å². The van der Waals surface area contributed by atoms with Crippen LogP contribution < -0.4 is 0 Å². The zero-order valence-corrected chi connectivity index (χ0v) is 16.6. The molecule has 0 radical (unpaired) electrons. The predicted octanol–water partition coefficient (Wildman–Crippen LogP) is 6.26. The molecule has 0 aromatic carbocycles. The number of aliphatic carboxylic acids is 1. The van der Waals surface area contributed by atoms with Crippen LogP contribution in [0.2, 0.25) is 0 Å². The molecule has 4 heteroatoms. The molecule has 0 saturated heterocycles. The van der Waals surface area contributed by atoms with Gasteiger partial charge in [-0.1, -0.05) is 71.1 Å². The average molecular weight is 357 g/mol. The molecule has 0 spiro atoms. The van der Waals surface area contributed by atoms with E-state index in [2.05, 4.69) is 6.92 Å². The molecule has 0 fully saturated rings. The number of unbranched alkanes of at least 4 members (excludes halogenated alkanes) is 11. The number of carboxylic acids is 1. The quantitative estimate of drug-likeness (QED) is 0.232. The molecule has 0 saturated carbocycles. The van der Waals surface area contributed by atoms with Gasteiger partial charge in [0.15, 0.2) is 0 Å². The molecular weight excluding hydrogens is 316 g/mol. The highest BCUT2D eigenvalue weighted by molar-refractivity contribution is 5.69. The van der Waals surface area contributed by atoms with Gasteiger partial charge >= 0.3 is 11.9 Å². The van der Waals surface area contributed by atoms with Crippen molar-refractivity contribution in [3.63, 3.8) is 0 Å². The molecule has 1 unspecified atom stereocenters. The standard InChI is InChI=1S/C21H40O4/c1-3-4-5-6-7-10-13-16-19(2)25-21(24)18-15-12-9-8-11-14-17-20(22)23/h19H,3-18H2,1-2H3,(H,22,23). The molecule has 0 amide bonds. The van der Waals surface area contributed by atoms with Crippen LogP contribution in [0.5, 0.6) is 0 Å². The Labute approximate surface area is 154 Å². The third-order valence-electron chi connectivity index (χ3n) is 4.57. The van der Waals surface area contributed by atoms with Gasteiger partial charge in [-0.05, 0) is 32.6 Å². The minimum absolute atomic E-state index is 0.0409. The monoisotopic (exact) mass is 356 g/mol. The van der Waals surface area contributed by atoms with E-state index in [-0.39, 0.29) is 18.5 Å². The summed E-state index contributed by atoms with van der Waals surface area (Å²) < 4.78 is 5.46. The minimum atomic E-state index is -0.714. The van der Waals surface area contributed by atoms with Crippen molar-refractivity contribution in [1.82, 2.24) is 0 Å². The Hall–Kier alpha value is -1.06. The van der Waals surface area contributed by atoms with Gasteiger partial charge in [0, 0.05) is 12.8 Å². The van der Waals surface area contributed by atoms with Crippen LogP contribution in [-0.4, -0.2) is 23.1 Å². The second-order valence-electron chi connectivity index (χ2n) is 7.23. The van der Waals surface area contributed by atoms with E-state index < -0.39 is 5.97 Å². The Bertz CT molecular complexity index is 328. The number of carbonyl (C=O) groups is 2. The fraction of sp³-hybridized carbons (Fsp3) is 0.905. The fourth-order valence-electron chi connectivity index (χ4n) is 2.98. The van der Waals surface area contributed by atoms with E-state index in [1.54, 1.807) is 0 Å². The molecule has 25 heavy (non-hydrogen) atoms. The summed E-state index contributed by atoms with van der Waals surface area (Å²) in [5.41, 5.74) is 0. The summed E-state index contributed by atoms with van der Waals surface area (Å²) in [6, 6.07) is 0. The molecule has 0 rings (SSSR count). The summed E-state index contributed by atoms with van der Waals surface area (Å²) in [7, 11) is 0. The average Bonchev–Trinajstić information content (AvgIpc) is 2.56. The molecule has 0 aromatic heterocycles. The van der Waals surface area contributed by atoms with Gasteiger partial charge in [-0.3, -0.25) is 9.59 Å². The first-order chi connectivity index (χ1) is 12.1. The number of rotatable bonds is 18. The van der Waals surface area contributed by atoms with Crippen LogP contribution >= 0.6 is 0 Å². The summed E-state index contributed by atoms with van der Waals surface area (Å²) in [6.07, 6.45) is 16.5. The molecule has 1 N–H and O–H groups in total. The fourth-order valence-corrected chi connectivity index (χ4v) is 2.98. The number of esters is 1. The summed E-state index contributed by atoms with van der Waals surface area (Å²) in [4.78, 5) is 22.2. The van der Waals surface area contributed by atoms with Gasteiger partial charge in [-0.25, -0.2) is 0 Å². The van der Waals surface area contributed by atoms with Gasteiger partial charge < -0.3 is 9.84 Å². The van der Waals surface area contributed by atoms with E-state index in [0.29, 0.717) is 6.42 Å². The highest BCUT2D eigenvalue weighted by Gasteiger charge is 2.09. The van der Waals surface area contributed by atoms with Gasteiger partial charge in [0.05, 0.1) is 6.10 Å². The highest BCUT2D eigenvalue weighted by atomic mass is 16.5. The van der Waals surface area contributed by atoms with Crippen molar-refractivity contribution in [2.75, 3.05) is 0 Å². The minimum Gasteiger partial charge on any atom is -0.481 e. The van der Waals surface area contributed by atoms with Crippen molar-refractivity contribution in [2.24, 2.45) is 0 Å². The third-order valence-corrected chi connectivity index (χ3v) is 4.57. The van der Waals surface area contributed by atoms with Crippen LogP contribution in [0.1, 0.15) is 117 Å². The van der Waals surface area contributed by atoms with Crippen LogP contribution in [-0.2, 0) is 14.3 Å². The molecule has 0 aliphatic carbocycles. The van der Waals surface area contributed by atoms with Crippen molar-refractivity contribution in [1.29, 1.82) is 0 Å². The Morgan fingerprint density at radius 2 is 1.24 bits per heavy atom. The number of carboxylic acid groups (broad SMARTS) is 1. The Balaban J connectivity index is 3.36. The van der Waals surface area contributed by atoms with Crippen LogP contribution in [0, 0.1) is 0 Å². The lowest BCUT2D eigenvalue weighted by Crippen LogP contribution is -2.14. The lowest BCUT2D eigenvalue weighted by molar-refractivity contribution is -0.148. The van der Waals surface area contributed by atoms with E-state index in [1.807, 2.05) is 6.92 Å². The molecule has 0 heterocycles. The molecule has 0 aliphatic rings. The predicted molar refractivity (Wildman–Crippen MR) is 103 cm³/mol. The summed E-state index contributed by atoms with van der Waals surface area (Å²) in [5.74, 6) is -0.783. The Morgan fingerprint density at radius 1 is 0.760 bits per heavy atom. The number of carbonyl (C=O) groups excluding carboxylic acids is 1. The van der Waals surface area contributed by atoms with Gasteiger partial charge in [0.25, 0.3) is 0 Å². The van der Waals surface area contributed by atoms with Crippen molar-refractivity contribution in [3.05, 3.63) is 0 Å². The lowest BCUT2D eigenvalue weighted by Gasteiger charge is -2.13. The Kier molecular flexibility index (Phi) is 17.0. The molecule has 148 valence electrons. The number of hydrogen-bond donors (Lipinski definition) is 1. The maximum Gasteiger partial charge on any atom is 0.306 e. The topological polar surface area (TPSA) is 63.6 Å². The van der Waals surface area contributed by atoms with Crippen molar-refractivity contribution >= 4 is 11.9 Å². The SMILES string of the molecule is CCCCCCCCCC(C)OC(=O)CCCCCCCCC(=O)O. The summed E-state index contributed by atoms with van der Waals surface area (Å²) >= 11 is 0. The molecule has 4 nitrogen and oxygen atoms in total. The molecule has 0 bridgehead atoms. The van der Waals surface area contributed by atoms with Crippen LogP contribution in [0.15, 0.2) is 0 Å². The van der Waals surface area contributed by atoms with Gasteiger partial charge in [0.1, 0.15) is 0 Å². The number of ether oxygens (including phenoxy) is 1. The molecule has 0 aliphatic heterocycles. The molecule has 0 aromatic rings. The zero-order valence-electron chi connectivity index (χ0n) is 16.6. The summed E-state index contributed by atoms with van der Waals surface area (Å²) in [6.45, 7) is 4.23. The van der Waals surface area contributed by atoms with Gasteiger partial charge in [-0.2, -0.15) is 0 Å². The second kappa shape index (κ2) is 17.8. The normalized spacial score (nSPS) is 12.1. The largest absolute Gasteiger partial charge is 0.481 e. The van der Waals surface area contributed by atoms with Crippen LogP contribution in [0.4, 0.5) is 0 Å². The first kappa shape index (κ1) is 23.9. The van der Waals surface area contributed by atoms with E-state index in [1.165, 1.54) is 38.5 Å². The molecular formula is C21H40O4. The zero-order chi connectivity index (χ0) is 18.8. The van der Waals surface area contributed by atoms with Crippen molar-refractivity contribution in [2.45, 2.75) is 123 Å². The first-order valence-electron chi connectivity index (χ1n) is 10.5. The van der Waals surface area contributed by atoms with Gasteiger partial charge in [-0.15, -0.1) is 0 Å². The maximum atomic E-state index is 11.8. The maximum absolute atomic E-state index is 11.8.